The predicted octanol–water partition coefficient (Wildman–Crippen LogP) is 4.65. The maximum Gasteiger partial charge on any atom is 0.0727 e. The van der Waals surface area contributed by atoms with E-state index in [1.807, 2.05) is 11.3 Å². The zero-order chi connectivity index (χ0) is 14.6. The van der Waals surface area contributed by atoms with Gasteiger partial charge in [0.1, 0.15) is 0 Å². The molecule has 1 aromatic rings. The number of ether oxygens (including phenoxy) is 1. The van der Waals surface area contributed by atoms with Crippen LogP contribution in [0.3, 0.4) is 0 Å². The highest BCUT2D eigenvalue weighted by Crippen LogP contribution is 2.29. The molecule has 3 heteroatoms. The number of thiophene rings is 1. The summed E-state index contributed by atoms with van der Waals surface area (Å²) in [5, 5.41) is 3.55. The summed E-state index contributed by atoms with van der Waals surface area (Å²) in [4.78, 5) is 2.81. The largest absolute Gasteiger partial charge is 0.377 e. The molecule has 0 saturated heterocycles. The summed E-state index contributed by atoms with van der Waals surface area (Å²) >= 11 is 1.89. The van der Waals surface area contributed by atoms with Crippen molar-refractivity contribution in [1.29, 1.82) is 0 Å². The minimum absolute atomic E-state index is 0.178. The monoisotopic (exact) mass is 295 g/mol. The number of hydrogen-bond acceptors (Lipinski definition) is 3. The van der Waals surface area contributed by atoms with E-state index in [1.54, 1.807) is 0 Å². The lowest BCUT2D eigenvalue weighted by atomic mass is 9.83. The van der Waals surface area contributed by atoms with E-state index in [0.29, 0.717) is 0 Å². The highest BCUT2D eigenvalue weighted by atomic mass is 32.1. The van der Waals surface area contributed by atoms with Crippen LogP contribution in [-0.2, 0) is 17.9 Å². The SMILES string of the molecule is Cc1sc(CNC(C)(C)C)cc1COCCC1CCC1. The first-order valence-electron chi connectivity index (χ1n) is 7.85. The topological polar surface area (TPSA) is 21.3 Å². The molecule has 20 heavy (non-hydrogen) atoms. The Morgan fingerprint density at radius 2 is 2.10 bits per heavy atom. The van der Waals surface area contributed by atoms with Crippen LogP contribution >= 0.6 is 11.3 Å². The molecule has 0 radical (unpaired) electrons. The van der Waals surface area contributed by atoms with Crippen molar-refractivity contribution in [3.05, 3.63) is 21.4 Å². The van der Waals surface area contributed by atoms with Gasteiger partial charge in [0.15, 0.2) is 0 Å². The molecule has 0 spiro atoms. The van der Waals surface area contributed by atoms with Crippen LogP contribution in [0.25, 0.3) is 0 Å². The van der Waals surface area contributed by atoms with E-state index in [9.17, 15) is 0 Å². The Bertz CT molecular complexity index is 415. The molecule has 1 saturated carbocycles. The van der Waals surface area contributed by atoms with Crippen LogP contribution in [-0.4, -0.2) is 12.1 Å². The molecule has 2 nitrogen and oxygen atoms in total. The molecule has 1 N–H and O–H groups in total. The average molecular weight is 295 g/mol. The van der Waals surface area contributed by atoms with Crippen LogP contribution in [0.2, 0.25) is 0 Å². The van der Waals surface area contributed by atoms with E-state index in [4.69, 9.17) is 4.74 Å². The fourth-order valence-corrected chi connectivity index (χ4v) is 3.37. The van der Waals surface area contributed by atoms with Gasteiger partial charge in [0.2, 0.25) is 0 Å². The van der Waals surface area contributed by atoms with Crippen molar-refractivity contribution in [3.8, 4) is 0 Å². The van der Waals surface area contributed by atoms with Gasteiger partial charge in [-0.3, -0.25) is 0 Å². The molecular formula is C17H29NOS. The number of hydrogen-bond donors (Lipinski definition) is 1. The fraction of sp³-hybridized carbons (Fsp3) is 0.765. The Balaban J connectivity index is 1.72. The maximum absolute atomic E-state index is 5.85. The lowest BCUT2D eigenvalue weighted by Crippen LogP contribution is -2.34. The summed E-state index contributed by atoms with van der Waals surface area (Å²) in [6, 6.07) is 2.31. The zero-order valence-corrected chi connectivity index (χ0v) is 14.2. The van der Waals surface area contributed by atoms with E-state index >= 15 is 0 Å². The van der Waals surface area contributed by atoms with Gasteiger partial charge in [-0.15, -0.1) is 11.3 Å². The van der Waals surface area contributed by atoms with Gasteiger partial charge < -0.3 is 10.1 Å². The van der Waals surface area contributed by atoms with Gasteiger partial charge in [-0.2, -0.15) is 0 Å². The average Bonchev–Trinajstić information content (AvgIpc) is 2.64. The number of rotatable bonds is 7. The van der Waals surface area contributed by atoms with E-state index in [0.717, 1.165) is 25.7 Å². The Kier molecular flexibility index (Phi) is 5.65. The smallest absolute Gasteiger partial charge is 0.0727 e. The highest BCUT2D eigenvalue weighted by Gasteiger charge is 2.16. The van der Waals surface area contributed by atoms with E-state index in [2.05, 4.69) is 39.1 Å². The molecule has 1 aromatic heterocycles. The van der Waals surface area contributed by atoms with Gasteiger partial charge in [-0.25, -0.2) is 0 Å². The first-order chi connectivity index (χ1) is 9.44. The van der Waals surface area contributed by atoms with Crippen LogP contribution in [0.5, 0.6) is 0 Å². The van der Waals surface area contributed by atoms with Gasteiger partial charge in [-0.1, -0.05) is 19.3 Å². The second-order valence-corrected chi connectivity index (χ2v) is 8.38. The lowest BCUT2D eigenvalue weighted by molar-refractivity contribution is 0.0949. The molecule has 1 aliphatic rings. The second-order valence-electron chi connectivity index (χ2n) is 7.04. The first-order valence-corrected chi connectivity index (χ1v) is 8.66. The van der Waals surface area contributed by atoms with Crippen LogP contribution < -0.4 is 5.32 Å². The molecule has 0 bridgehead atoms. The van der Waals surface area contributed by atoms with Gasteiger partial charge in [0, 0.05) is 28.4 Å². The first kappa shape index (κ1) is 16.0. The van der Waals surface area contributed by atoms with E-state index in [1.165, 1.54) is 41.0 Å². The molecule has 2 rings (SSSR count). The van der Waals surface area contributed by atoms with E-state index in [-0.39, 0.29) is 5.54 Å². The van der Waals surface area contributed by atoms with Crippen LogP contribution in [0.1, 0.15) is 61.8 Å². The standard InChI is InChI=1S/C17H29NOS/c1-13-15(12-19-9-8-14-6-5-7-14)10-16(20-13)11-18-17(2,3)4/h10,14,18H,5-9,11-12H2,1-4H3. The quantitative estimate of drug-likeness (QED) is 0.739. The number of aryl methyl sites for hydroxylation is 1. The summed E-state index contributed by atoms with van der Waals surface area (Å²) in [5.74, 6) is 0.949. The van der Waals surface area contributed by atoms with Crippen molar-refractivity contribution in [1.82, 2.24) is 5.32 Å². The third-order valence-electron chi connectivity index (χ3n) is 4.02. The zero-order valence-electron chi connectivity index (χ0n) is 13.4. The predicted molar refractivity (Wildman–Crippen MR) is 87.3 cm³/mol. The van der Waals surface area contributed by atoms with Crippen molar-refractivity contribution < 1.29 is 4.74 Å². The minimum Gasteiger partial charge on any atom is -0.377 e. The minimum atomic E-state index is 0.178. The van der Waals surface area contributed by atoms with Crippen LogP contribution in [0, 0.1) is 12.8 Å². The summed E-state index contributed by atoms with van der Waals surface area (Å²) in [7, 11) is 0. The van der Waals surface area contributed by atoms with Crippen molar-refractivity contribution in [2.75, 3.05) is 6.61 Å². The molecule has 0 aliphatic heterocycles. The Hall–Kier alpha value is -0.380. The summed E-state index contributed by atoms with van der Waals surface area (Å²) in [6.45, 7) is 11.5. The van der Waals surface area contributed by atoms with Gasteiger partial charge in [-0.05, 0) is 51.7 Å². The maximum atomic E-state index is 5.85. The van der Waals surface area contributed by atoms with Crippen LogP contribution in [0.4, 0.5) is 0 Å². The van der Waals surface area contributed by atoms with Gasteiger partial charge >= 0.3 is 0 Å². The normalized spacial score (nSPS) is 16.4. The van der Waals surface area contributed by atoms with Gasteiger partial charge in [0.25, 0.3) is 0 Å². The molecule has 0 atom stereocenters. The molecule has 0 unspecified atom stereocenters. The second kappa shape index (κ2) is 7.06. The Labute approximate surface area is 127 Å². The van der Waals surface area contributed by atoms with Crippen molar-refractivity contribution in [3.63, 3.8) is 0 Å². The lowest BCUT2D eigenvalue weighted by Gasteiger charge is -2.24. The molecular weight excluding hydrogens is 266 g/mol. The molecule has 114 valence electrons. The molecule has 1 heterocycles. The molecule has 1 aliphatic carbocycles. The van der Waals surface area contributed by atoms with Gasteiger partial charge in [0.05, 0.1) is 6.61 Å². The van der Waals surface area contributed by atoms with E-state index < -0.39 is 0 Å². The van der Waals surface area contributed by atoms with Crippen molar-refractivity contribution in [2.45, 2.75) is 72.1 Å². The summed E-state index contributed by atoms with van der Waals surface area (Å²) in [5.41, 5.74) is 1.55. The summed E-state index contributed by atoms with van der Waals surface area (Å²) in [6.07, 6.45) is 5.52. The Morgan fingerprint density at radius 3 is 2.70 bits per heavy atom. The van der Waals surface area contributed by atoms with Crippen molar-refractivity contribution >= 4 is 11.3 Å². The molecule has 1 fully saturated rings. The fourth-order valence-electron chi connectivity index (χ4n) is 2.38. The highest BCUT2D eigenvalue weighted by molar-refractivity contribution is 7.12. The van der Waals surface area contributed by atoms with Crippen LogP contribution in [0.15, 0.2) is 6.07 Å². The third kappa shape index (κ3) is 5.19. The Morgan fingerprint density at radius 1 is 1.35 bits per heavy atom. The summed E-state index contributed by atoms with van der Waals surface area (Å²) < 4.78 is 5.85. The molecule has 0 amide bonds. The third-order valence-corrected chi connectivity index (χ3v) is 5.11. The van der Waals surface area contributed by atoms with Crippen molar-refractivity contribution in [2.24, 2.45) is 5.92 Å². The molecule has 0 aromatic carbocycles. The number of nitrogens with one attached hydrogen (secondary N) is 1.